The van der Waals surface area contributed by atoms with Crippen LogP contribution >= 0.6 is 0 Å². The van der Waals surface area contributed by atoms with Gasteiger partial charge in [-0.25, -0.2) is 17.6 Å². The summed E-state index contributed by atoms with van der Waals surface area (Å²) < 4.78 is 104. The van der Waals surface area contributed by atoms with Crippen molar-refractivity contribution < 1.29 is 45.3 Å². The van der Waals surface area contributed by atoms with Crippen molar-refractivity contribution in [1.29, 1.82) is 0 Å². The second-order valence-corrected chi connectivity index (χ2v) is 11.3. The van der Waals surface area contributed by atoms with Crippen LogP contribution in [-0.2, 0) is 9.53 Å². The van der Waals surface area contributed by atoms with Crippen molar-refractivity contribution in [2.45, 2.75) is 70.8 Å². The van der Waals surface area contributed by atoms with Gasteiger partial charge in [-0.05, 0) is 93.7 Å². The van der Waals surface area contributed by atoms with Crippen molar-refractivity contribution in [3.63, 3.8) is 0 Å². The van der Waals surface area contributed by atoms with Crippen molar-refractivity contribution >= 4 is 11.5 Å². The number of esters is 1. The lowest BCUT2D eigenvalue weighted by Gasteiger charge is -2.30. The number of carbonyl (C=O) groups is 1. The Balaban J connectivity index is 1.18. The molecule has 3 aromatic carbocycles. The van der Waals surface area contributed by atoms with E-state index in [0.29, 0.717) is 50.5 Å². The molecule has 2 aliphatic carbocycles. The molecule has 1 saturated carbocycles. The van der Waals surface area contributed by atoms with Crippen LogP contribution in [0.3, 0.4) is 0 Å². The number of hydrogen-bond donors (Lipinski definition) is 0. The smallest absolute Gasteiger partial charge is 0.309 e. The molecule has 0 spiro atoms. The molecule has 0 aliphatic heterocycles. The minimum atomic E-state index is -1.33. The Morgan fingerprint density at radius 2 is 1.20 bits per heavy atom. The normalized spacial score (nSPS) is 20.0. The van der Waals surface area contributed by atoms with Gasteiger partial charge in [-0.15, -0.1) is 0 Å². The first-order valence-corrected chi connectivity index (χ1v) is 15.2. The molecule has 45 heavy (non-hydrogen) atoms. The minimum Gasteiger partial charge on any atom is -0.491 e. The molecule has 4 nitrogen and oxygen atoms in total. The van der Waals surface area contributed by atoms with Gasteiger partial charge in [-0.2, -0.15) is 8.78 Å². The highest BCUT2D eigenvalue weighted by molar-refractivity contribution is 5.73. The van der Waals surface area contributed by atoms with Gasteiger partial charge in [0.05, 0.1) is 19.1 Å². The molecule has 10 heteroatoms. The first kappa shape index (κ1) is 32.4. The molecule has 1 atom stereocenters. The maximum absolute atomic E-state index is 15.2. The molecule has 2 aliphatic rings. The van der Waals surface area contributed by atoms with Crippen molar-refractivity contribution in [3.8, 4) is 22.6 Å². The maximum Gasteiger partial charge on any atom is 0.309 e. The second kappa shape index (κ2) is 14.0. The van der Waals surface area contributed by atoms with E-state index in [0.717, 1.165) is 6.07 Å². The monoisotopic (exact) mass is 632 g/mol. The van der Waals surface area contributed by atoms with Crippen molar-refractivity contribution in [1.82, 2.24) is 0 Å². The highest BCUT2D eigenvalue weighted by Crippen LogP contribution is 2.41. The maximum atomic E-state index is 15.2. The van der Waals surface area contributed by atoms with E-state index in [9.17, 15) is 22.4 Å². The molecular formula is C35H34F6O4. The van der Waals surface area contributed by atoms with Crippen LogP contribution in [0.4, 0.5) is 26.3 Å². The Kier molecular flexibility index (Phi) is 10.1. The summed E-state index contributed by atoms with van der Waals surface area (Å²) in [6.45, 7) is 3.62. The molecule has 3 aromatic rings. The zero-order chi connectivity index (χ0) is 32.2. The van der Waals surface area contributed by atoms with E-state index in [1.807, 2.05) is 0 Å². The van der Waals surface area contributed by atoms with Gasteiger partial charge in [0, 0.05) is 23.1 Å². The lowest BCUT2D eigenvalue weighted by molar-refractivity contribution is -0.155. The standard InChI is InChI=1S/C35H34F6O4/c1-3-43-27-17-15-24(30(37)33(27)40)20-9-11-22(12-10-20)45-35(42)21-7-5-19(6-8-21)23-13-14-25(31(38)29(23)36)26-16-18-28(44-4-2)34(41)32(26)39/h9,13-19,21-22H,3-8,10-12H2,1-2H3. The van der Waals surface area contributed by atoms with E-state index >= 15 is 8.78 Å². The van der Waals surface area contributed by atoms with Gasteiger partial charge in [0.15, 0.2) is 34.8 Å². The van der Waals surface area contributed by atoms with Crippen LogP contribution < -0.4 is 9.47 Å². The highest BCUT2D eigenvalue weighted by atomic mass is 19.2. The lowest BCUT2D eigenvalue weighted by atomic mass is 9.78. The molecule has 0 radical (unpaired) electrons. The van der Waals surface area contributed by atoms with Crippen molar-refractivity contribution in [2.75, 3.05) is 13.2 Å². The summed E-state index contributed by atoms with van der Waals surface area (Å²) in [6.07, 6.45) is 4.23. The average Bonchev–Trinajstić information content (AvgIpc) is 3.04. The van der Waals surface area contributed by atoms with E-state index in [2.05, 4.69) is 0 Å². The summed E-state index contributed by atoms with van der Waals surface area (Å²) in [5.41, 5.74) is 0.114. The summed E-state index contributed by atoms with van der Waals surface area (Å²) in [4.78, 5) is 12.9. The predicted molar refractivity (Wildman–Crippen MR) is 157 cm³/mol. The number of allylic oxidation sites excluding steroid dienone is 1. The molecule has 0 amide bonds. The Labute approximate surface area is 258 Å². The fourth-order valence-electron chi connectivity index (χ4n) is 6.20. The number of hydrogen-bond acceptors (Lipinski definition) is 4. The zero-order valence-corrected chi connectivity index (χ0v) is 25.0. The second-order valence-electron chi connectivity index (χ2n) is 11.3. The molecule has 240 valence electrons. The SMILES string of the molecule is CCOc1ccc(C2=CCC(OC(=O)C3CCC(c4ccc(-c5ccc(OCC)c(F)c5F)c(F)c4F)CC3)CC2)c(F)c1F. The van der Waals surface area contributed by atoms with E-state index in [1.54, 1.807) is 19.9 Å². The molecule has 0 bridgehead atoms. The minimum absolute atomic E-state index is 0.114. The fourth-order valence-corrected chi connectivity index (χ4v) is 6.20. The number of carbonyl (C=O) groups excluding carboxylic acids is 1. The molecule has 0 N–H and O–H groups in total. The molecule has 0 aromatic heterocycles. The van der Waals surface area contributed by atoms with Crippen LogP contribution in [0.25, 0.3) is 16.7 Å². The van der Waals surface area contributed by atoms with Crippen LogP contribution in [0.15, 0.2) is 42.5 Å². The summed E-state index contributed by atoms with van der Waals surface area (Å²) >= 11 is 0. The molecule has 0 saturated heterocycles. The molecule has 0 heterocycles. The van der Waals surface area contributed by atoms with Crippen molar-refractivity contribution in [2.24, 2.45) is 5.92 Å². The van der Waals surface area contributed by atoms with Gasteiger partial charge in [0.2, 0.25) is 11.6 Å². The Morgan fingerprint density at radius 3 is 1.76 bits per heavy atom. The summed E-state index contributed by atoms with van der Waals surface area (Å²) in [6, 6.07) is 7.84. The van der Waals surface area contributed by atoms with Gasteiger partial charge in [-0.3, -0.25) is 4.79 Å². The third-order valence-corrected chi connectivity index (χ3v) is 8.59. The van der Waals surface area contributed by atoms with Gasteiger partial charge < -0.3 is 14.2 Å². The predicted octanol–water partition coefficient (Wildman–Crippen LogP) is 9.44. The number of rotatable bonds is 9. The molecular weight excluding hydrogens is 598 g/mol. The zero-order valence-electron chi connectivity index (χ0n) is 25.0. The Morgan fingerprint density at radius 1 is 0.667 bits per heavy atom. The first-order chi connectivity index (χ1) is 21.6. The van der Waals surface area contributed by atoms with E-state index in [1.165, 1.54) is 30.3 Å². The third-order valence-electron chi connectivity index (χ3n) is 8.59. The largest absolute Gasteiger partial charge is 0.491 e. The quantitative estimate of drug-likeness (QED) is 0.174. The van der Waals surface area contributed by atoms with Gasteiger partial charge in [0.25, 0.3) is 0 Å². The van der Waals surface area contributed by atoms with Crippen molar-refractivity contribution in [3.05, 3.63) is 88.5 Å². The van der Waals surface area contributed by atoms with Gasteiger partial charge in [-0.1, -0.05) is 18.2 Å². The van der Waals surface area contributed by atoms with Gasteiger partial charge in [0.1, 0.15) is 6.10 Å². The molecule has 5 rings (SSSR count). The summed E-state index contributed by atoms with van der Waals surface area (Å²) in [5.74, 6) is -8.58. The van der Waals surface area contributed by atoms with Crippen LogP contribution in [0.5, 0.6) is 11.5 Å². The molecule has 1 unspecified atom stereocenters. The molecule has 1 fully saturated rings. The van der Waals surface area contributed by atoms with E-state index in [-0.39, 0.29) is 47.7 Å². The van der Waals surface area contributed by atoms with Crippen LogP contribution in [0, 0.1) is 40.8 Å². The first-order valence-electron chi connectivity index (χ1n) is 15.2. The number of benzene rings is 3. The third kappa shape index (κ3) is 6.70. The highest BCUT2D eigenvalue weighted by Gasteiger charge is 2.33. The van der Waals surface area contributed by atoms with E-state index in [4.69, 9.17) is 14.2 Å². The van der Waals surface area contributed by atoms with Crippen LogP contribution in [0.2, 0.25) is 0 Å². The Hall–Kier alpha value is -3.95. The van der Waals surface area contributed by atoms with Crippen LogP contribution in [-0.4, -0.2) is 25.3 Å². The topological polar surface area (TPSA) is 44.8 Å². The average molecular weight is 633 g/mol. The summed E-state index contributed by atoms with van der Waals surface area (Å²) in [7, 11) is 0. The lowest BCUT2D eigenvalue weighted by Crippen LogP contribution is -2.28. The Bertz CT molecular complexity index is 1600. The number of ether oxygens (including phenoxy) is 3. The van der Waals surface area contributed by atoms with Crippen LogP contribution in [0.1, 0.15) is 75.8 Å². The fraction of sp³-hybridized carbons (Fsp3) is 0.400. The summed E-state index contributed by atoms with van der Waals surface area (Å²) in [5, 5.41) is 0. The van der Waals surface area contributed by atoms with E-state index < -0.39 is 58.1 Å². The number of halogens is 6. The van der Waals surface area contributed by atoms with Gasteiger partial charge >= 0.3 is 5.97 Å².